The monoisotopic (exact) mass is 423 g/mol. The van der Waals surface area contributed by atoms with E-state index in [4.69, 9.17) is 0 Å². The number of nitrogens with zero attached hydrogens (tertiary/aromatic N) is 1. The maximum atomic E-state index is 13.2. The largest absolute Gasteiger partial charge is 0.368 e. The topological polar surface area (TPSA) is 78.5 Å². The van der Waals surface area contributed by atoms with Gasteiger partial charge < -0.3 is 10.2 Å². The molecule has 1 aliphatic heterocycles. The molecule has 7 heteroatoms. The minimum absolute atomic E-state index is 0.0734. The summed E-state index contributed by atoms with van der Waals surface area (Å²) in [5, 5.41) is 2.87. The zero-order valence-corrected chi connectivity index (χ0v) is 19.1. The number of hydrogen-bond acceptors (Lipinski definition) is 4. The number of sulfonamides is 1. The van der Waals surface area contributed by atoms with Crippen LogP contribution in [-0.2, 0) is 14.8 Å². The highest BCUT2D eigenvalue weighted by molar-refractivity contribution is 7.89. The number of amides is 1. The second kappa shape index (κ2) is 11.0. The molecule has 0 saturated carbocycles. The molecule has 0 unspecified atom stereocenters. The summed E-state index contributed by atoms with van der Waals surface area (Å²) in [5.41, 5.74) is 1.25. The molecule has 29 heavy (non-hydrogen) atoms. The summed E-state index contributed by atoms with van der Waals surface area (Å²) < 4.78 is 29.1. The Morgan fingerprint density at radius 1 is 1.24 bits per heavy atom. The van der Waals surface area contributed by atoms with Gasteiger partial charge in [-0.2, -0.15) is 0 Å². The third-order valence-electron chi connectivity index (χ3n) is 5.62. The summed E-state index contributed by atoms with van der Waals surface area (Å²) in [4.78, 5) is 14.7. The van der Waals surface area contributed by atoms with Crippen LogP contribution in [0.3, 0.4) is 0 Å². The lowest BCUT2D eigenvalue weighted by Gasteiger charge is -2.36. The molecule has 1 saturated heterocycles. The Bertz CT molecular complexity index is 780. The van der Waals surface area contributed by atoms with E-state index in [0.717, 1.165) is 50.8 Å². The fourth-order valence-corrected chi connectivity index (χ4v) is 5.24. The predicted molar refractivity (Wildman–Crippen MR) is 120 cm³/mol. The van der Waals surface area contributed by atoms with E-state index in [9.17, 15) is 13.2 Å². The molecule has 1 fully saturated rings. The molecule has 6 nitrogen and oxygen atoms in total. The molecule has 1 aromatic carbocycles. The normalized spacial score (nSPS) is 18.5. The van der Waals surface area contributed by atoms with Gasteiger partial charge in [-0.1, -0.05) is 26.7 Å². The van der Waals surface area contributed by atoms with Crippen LogP contribution in [0.2, 0.25) is 0 Å². The quantitative estimate of drug-likeness (QED) is 0.537. The lowest BCUT2D eigenvalue weighted by atomic mass is 10.0. The van der Waals surface area contributed by atoms with Crippen LogP contribution in [0.15, 0.2) is 23.1 Å². The minimum Gasteiger partial charge on any atom is -0.368 e. The molecule has 0 spiro atoms. The molecule has 0 radical (unpaired) electrons. The Balaban J connectivity index is 2.34. The number of benzene rings is 1. The summed E-state index contributed by atoms with van der Waals surface area (Å²) in [5.74, 6) is -0.0734. The van der Waals surface area contributed by atoms with Gasteiger partial charge in [0.2, 0.25) is 15.9 Å². The Morgan fingerprint density at radius 2 is 2.00 bits per heavy atom. The van der Waals surface area contributed by atoms with Gasteiger partial charge in [0.05, 0.1) is 5.69 Å². The van der Waals surface area contributed by atoms with Crippen LogP contribution in [0.25, 0.3) is 0 Å². The minimum atomic E-state index is -3.70. The molecule has 1 amide bonds. The third-order valence-corrected chi connectivity index (χ3v) is 7.24. The summed E-state index contributed by atoms with van der Waals surface area (Å²) >= 11 is 0. The Hall–Kier alpha value is -1.60. The highest BCUT2D eigenvalue weighted by Gasteiger charge is 2.27. The Labute approximate surface area is 176 Å². The lowest BCUT2D eigenvalue weighted by Crippen LogP contribution is -2.39. The van der Waals surface area contributed by atoms with Crippen LogP contribution in [0.5, 0.6) is 0 Å². The van der Waals surface area contributed by atoms with Gasteiger partial charge in [-0.25, -0.2) is 13.1 Å². The molecule has 1 aromatic rings. The Kier molecular flexibility index (Phi) is 8.96. The molecule has 2 rings (SSSR count). The number of carbonyl (C=O) groups is 1. The molecule has 0 aromatic heterocycles. The summed E-state index contributed by atoms with van der Waals surface area (Å²) in [6.07, 6.45) is 7.34. The van der Waals surface area contributed by atoms with Crippen molar-refractivity contribution in [2.75, 3.05) is 16.8 Å². The summed E-state index contributed by atoms with van der Waals surface area (Å²) in [7, 11) is -3.70. The molecule has 164 valence electrons. The zero-order chi connectivity index (χ0) is 21.4. The summed E-state index contributed by atoms with van der Waals surface area (Å²) in [6.45, 7) is 8.89. The van der Waals surface area contributed by atoms with Crippen molar-refractivity contribution in [1.82, 2.24) is 4.72 Å². The van der Waals surface area contributed by atoms with Gasteiger partial charge in [-0.3, -0.25) is 4.79 Å². The number of rotatable bonds is 10. The average Bonchev–Trinajstić information content (AvgIpc) is 2.68. The number of piperidine rings is 1. The molecule has 1 aliphatic rings. The van der Waals surface area contributed by atoms with E-state index < -0.39 is 10.0 Å². The first kappa shape index (κ1) is 23.7. The number of hydrogen-bond donors (Lipinski definition) is 2. The lowest BCUT2D eigenvalue weighted by molar-refractivity contribution is -0.116. The fraction of sp³-hybridized carbons (Fsp3) is 0.682. The second-order valence-corrected chi connectivity index (χ2v) is 9.84. The van der Waals surface area contributed by atoms with Crippen molar-refractivity contribution in [1.29, 1.82) is 0 Å². The van der Waals surface area contributed by atoms with Crippen LogP contribution < -0.4 is 14.9 Å². The van der Waals surface area contributed by atoms with E-state index in [-0.39, 0.29) is 22.9 Å². The SMILES string of the molecule is CCCCCC(=O)Nc1ccc(N2CCCC[C@H]2C)c(S(=O)(=O)N[C@@H](C)CC)c1. The predicted octanol–water partition coefficient (Wildman–Crippen LogP) is 4.66. The van der Waals surface area contributed by atoms with Crippen LogP contribution in [0.4, 0.5) is 11.4 Å². The van der Waals surface area contributed by atoms with E-state index >= 15 is 0 Å². The molecule has 1 heterocycles. The molecular formula is C22H37N3O3S. The van der Waals surface area contributed by atoms with Crippen LogP contribution >= 0.6 is 0 Å². The first-order valence-corrected chi connectivity index (χ1v) is 12.5. The summed E-state index contributed by atoms with van der Waals surface area (Å²) in [6, 6.07) is 5.40. The van der Waals surface area contributed by atoms with E-state index in [1.165, 1.54) is 0 Å². The van der Waals surface area contributed by atoms with Crippen molar-refractivity contribution in [3.8, 4) is 0 Å². The molecule has 0 bridgehead atoms. The van der Waals surface area contributed by atoms with E-state index in [2.05, 4.69) is 28.8 Å². The van der Waals surface area contributed by atoms with Crippen molar-refractivity contribution in [3.63, 3.8) is 0 Å². The van der Waals surface area contributed by atoms with Crippen LogP contribution in [0, 0.1) is 0 Å². The molecule has 0 aliphatic carbocycles. The maximum absolute atomic E-state index is 13.2. The first-order valence-electron chi connectivity index (χ1n) is 11.0. The van der Waals surface area contributed by atoms with Gasteiger partial charge in [0.25, 0.3) is 0 Å². The smallest absolute Gasteiger partial charge is 0.242 e. The second-order valence-electron chi connectivity index (χ2n) is 8.16. The van der Waals surface area contributed by atoms with Crippen LogP contribution in [0.1, 0.15) is 79.1 Å². The standard InChI is InChI=1S/C22H37N3O3S/c1-5-7-8-12-22(26)23-19-13-14-20(25-15-10-9-11-18(25)4)21(16-19)29(27,28)24-17(3)6-2/h13-14,16-18,24H,5-12,15H2,1-4H3,(H,23,26)/t17-,18+/m0/s1. The van der Waals surface area contributed by atoms with Crippen molar-refractivity contribution in [2.45, 2.75) is 96.0 Å². The van der Waals surface area contributed by atoms with Gasteiger partial charge in [0.15, 0.2) is 0 Å². The van der Waals surface area contributed by atoms with Gasteiger partial charge in [-0.15, -0.1) is 0 Å². The fourth-order valence-electron chi connectivity index (χ4n) is 3.67. The van der Waals surface area contributed by atoms with Gasteiger partial charge >= 0.3 is 0 Å². The number of anilines is 2. The van der Waals surface area contributed by atoms with Crippen molar-refractivity contribution in [3.05, 3.63) is 18.2 Å². The molecule has 2 N–H and O–H groups in total. The first-order chi connectivity index (χ1) is 13.8. The molecular weight excluding hydrogens is 386 g/mol. The number of nitrogens with one attached hydrogen (secondary N) is 2. The van der Waals surface area contributed by atoms with Crippen LogP contribution in [-0.4, -0.2) is 33.0 Å². The number of unbranched alkanes of at least 4 members (excludes halogenated alkanes) is 2. The van der Waals surface area contributed by atoms with Crippen molar-refractivity contribution in [2.24, 2.45) is 0 Å². The number of carbonyl (C=O) groups excluding carboxylic acids is 1. The highest BCUT2D eigenvalue weighted by atomic mass is 32.2. The highest BCUT2D eigenvalue weighted by Crippen LogP contribution is 2.33. The Morgan fingerprint density at radius 3 is 2.66 bits per heavy atom. The van der Waals surface area contributed by atoms with Gasteiger partial charge in [0, 0.05) is 30.7 Å². The van der Waals surface area contributed by atoms with Crippen molar-refractivity contribution >= 4 is 27.3 Å². The molecule has 2 atom stereocenters. The maximum Gasteiger partial charge on any atom is 0.242 e. The van der Waals surface area contributed by atoms with Gasteiger partial charge in [0.1, 0.15) is 4.90 Å². The van der Waals surface area contributed by atoms with E-state index in [1.807, 2.05) is 26.0 Å². The van der Waals surface area contributed by atoms with Gasteiger partial charge in [-0.05, 0) is 64.2 Å². The van der Waals surface area contributed by atoms with E-state index in [1.54, 1.807) is 6.07 Å². The third kappa shape index (κ3) is 6.71. The average molecular weight is 424 g/mol. The van der Waals surface area contributed by atoms with E-state index in [0.29, 0.717) is 18.5 Å². The van der Waals surface area contributed by atoms with Crippen molar-refractivity contribution < 1.29 is 13.2 Å². The zero-order valence-electron chi connectivity index (χ0n) is 18.3.